The van der Waals surface area contributed by atoms with Crippen molar-refractivity contribution in [3.05, 3.63) is 53.6 Å². The third kappa shape index (κ3) is 6.69. The average molecular weight is 489 g/mol. The number of ether oxygens (including phenoxy) is 3. The Morgan fingerprint density at radius 2 is 1.67 bits per heavy atom. The summed E-state index contributed by atoms with van der Waals surface area (Å²) in [6, 6.07) is 18.1. The second-order valence-electron chi connectivity index (χ2n) is 9.88. The Balaban J connectivity index is 1.45. The fraction of sp³-hybridized carbons (Fsp3) is 0.517. The number of hydrogen-bond acceptors (Lipinski definition) is 7. The van der Waals surface area contributed by atoms with Crippen molar-refractivity contribution in [3.63, 3.8) is 0 Å². The molecule has 0 N–H and O–H groups in total. The maximum Gasteiger partial charge on any atom is 0.164 e. The standard InChI is InChI=1S/C29H36N4O3/c1-34-27-12-11-26(16-28(27)35-2)36-29(6-3-5-22-7-9-23(17-31)10-8-22)33-20-24-15-25(21-33)19-32(18-24)14-4-13-30/h7-12,16,24-25,29H,3-6,14-15,18-21H2,1-2H3. The topological polar surface area (TPSA) is 81.8 Å². The smallest absolute Gasteiger partial charge is 0.164 e. The van der Waals surface area contributed by atoms with E-state index < -0.39 is 0 Å². The Labute approximate surface area is 214 Å². The van der Waals surface area contributed by atoms with Gasteiger partial charge < -0.3 is 19.1 Å². The molecule has 0 saturated carbocycles. The average Bonchev–Trinajstić information content (AvgIpc) is 2.91. The van der Waals surface area contributed by atoms with Gasteiger partial charge in [-0.1, -0.05) is 12.1 Å². The van der Waals surface area contributed by atoms with Crippen LogP contribution < -0.4 is 14.2 Å². The number of rotatable bonds is 11. The van der Waals surface area contributed by atoms with Crippen LogP contribution in [-0.4, -0.2) is 63.0 Å². The van der Waals surface area contributed by atoms with Crippen LogP contribution in [0.3, 0.4) is 0 Å². The Kier molecular flexibility index (Phi) is 9.06. The summed E-state index contributed by atoms with van der Waals surface area (Å²) in [6.45, 7) is 5.01. The van der Waals surface area contributed by atoms with E-state index in [2.05, 4.69) is 21.9 Å². The molecule has 4 rings (SSSR count). The van der Waals surface area contributed by atoms with Gasteiger partial charge in [0.15, 0.2) is 17.7 Å². The molecule has 0 aliphatic carbocycles. The number of piperidine rings is 2. The predicted octanol–water partition coefficient (Wildman–Crippen LogP) is 4.47. The summed E-state index contributed by atoms with van der Waals surface area (Å²) in [5, 5.41) is 18.0. The second kappa shape index (κ2) is 12.6. The van der Waals surface area contributed by atoms with Crippen molar-refractivity contribution in [2.75, 3.05) is 46.9 Å². The van der Waals surface area contributed by atoms with Gasteiger partial charge in [-0.15, -0.1) is 0 Å². The first-order valence-electron chi connectivity index (χ1n) is 12.8. The maximum atomic E-state index is 9.05. The van der Waals surface area contributed by atoms with Crippen molar-refractivity contribution in [3.8, 4) is 29.4 Å². The van der Waals surface area contributed by atoms with Crippen LogP contribution in [0.5, 0.6) is 17.2 Å². The first kappa shape index (κ1) is 25.8. The first-order valence-corrected chi connectivity index (χ1v) is 12.8. The van der Waals surface area contributed by atoms with Gasteiger partial charge in [-0.05, 0) is 67.3 Å². The molecule has 7 nitrogen and oxygen atoms in total. The zero-order chi connectivity index (χ0) is 25.3. The summed E-state index contributed by atoms with van der Waals surface area (Å²) in [4.78, 5) is 4.99. The quantitative estimate of drug-likeness (QED) is 0.461. The van der Waals surface area contributed by atoms with Gasteiger partial charge in [0.25, 0.3) is 0 Å². The Morgan fingerprint density at radius 1 is 0.944 bits per heavy atom. The summed E-state index contributed by atoms with van der Waals surface area (Å²) in [5.41, 5.74) is 1.93. The third-order valence-corrected chi connectivity index (χ3v) is 7.26. The lowest BCUT2D eigenvalue weighted by molar-refractivity contribution is -0.0538. The predicted molar refractivity (Wildman–Crippen MR) is 138 cm³/mol. The number of fused-ring (bicyclic) bond motifs is 2. The highest BCUT2D eigenvalue weighted by molar-refractivity contribution is 5.45. The number of nitriles is 2. The summed E-state index contributed by atoms with van der Waals surface area (Å²) in [7, 11) is 3.28. The molecular formula is C29H36N4O3. The molecule has 0 spiro atoms. The zero-order valence-electron chi connectivity index (χ0n) is 21.4. The van der Waals surface area contributed by atoms with E-state index in [0.29, 0.717) is 35.3 Å². The Bertz CT molecular complexity index is 1060. The SMILES string of the molecule is COc1ccc(OC(CCCc2ccc(C#N)cc2)N2CC3CC(CN(CCC#N)C3)C2)cc1OC. The Morgan fingerprint density at radius 3 is 2.31 bits per heavy atom. The molecule has 36 heavy (non-hydrogen) atoms. The lowest BCUT2D eigenvalue weighted by Gasteiger charge is -2.47. The van der Waals surface area contributed by atoms with Gasteiger partial charge in [-0.2, -0.15) is 10.5 Å². The van der Waals surface area contributed by atoms with Gasteiger partial charge in [0.1, 0.15) is 5.75 Å². The van der Waals surface area contributed by atoms with E-state index >= 15 is 0 Å². The van der Waals surface area contributed by atoms with Crippen molar-refractivity contribution in [2.24, 2.45) is 11.8 Å². The lowest BCUT2D eigenvalue weighted by Crippen LogP contribution is -2.56. The molecule has 0 amide bonds. The van der Waals surface area contributed by atoms with Crippen LogP contribution in [0.2, 0.25) is 0 Å². The van der Waals surface area contributed by atoms with Crippen LogP contribution in [0.1, 0.15) is 36.8 Å². The maximum absolute atomic E-state index is 9.05. The molecule has 0 radical (unpaired) electrons. The van der Waals surface area contributed by atoms with Gasteiger partial charge in [-0.3, -0.25) is 4.90 Å². The highest BCUT2D eigenvalue weighted by Crippen LogP contribution is 2.34. The number of hydrogen-bond donors (Lipinski definition) is 0. The molecule has 2 heterocycles. The highest BCUT2D eigenvalue weighted by Gasteiger charge is 2.37. The van der Waals surface area contributed by atoms with Crippen molar-refractivity contribution >= 4 is 0 Å². The molecule has 3 atom stereocenters. The van der Waals surface area contributed by atoms with E-state index in [-0.39, 0.29) is 6.23 Å². The van der Waals surface area contributed by atoms with E-state index in [1.54, 1.807) is 14.2 Å². The fourth-order valence-corrected chi connectivity index (χ4v) is 5.64. The van der Waals surface area contributed by atoms with Crippen molar-refractivity contribution in [1.82, 2.24) is 9.80 Å². The largest absolute Gasteiger partial charge is 0.493 e. The molecule has 2 aromatic carbocycles. The minimum absolute atomic E-state index is 0.0301. The molecule has 0 aromatic heterocycles. The normalized spacial score (nSPS) is 20.7. The van der Waals surface area contributed by atoms with Crippen molar-refractivity contribution in [1.29, 1.82) is 10.5 Å². The van der Waals surface area contributed by atoms with Gasteiger partial charge in [0.05, 0.1) is 31.9 Å². The van der Waals surface area contributed by atoms with Gasteiger partial charge >= 0.3 is 0 Å². The lowest BCUT2D eigenvalue weighted by atomic mass is 9.84. The first-order chi connectivity index (χ1) is 17.6. The number of likely N-dealkylation sites (tertiary alicyclic amines) is 2. The third-order valence-electron chi connectivity index (χ3n) is 7.26. The molecule has 7 heteroatoms. The number of nitrogens with zero attached hydrogens (tertiary/aromatic N) is 4. The van der Waals surface area contributed by atoms with Gasteiger partial charge in [0.2, 0.25) is 0 Å². The van der Waals surface area contributed by atoms with E-state index in [0.717, 1.165) is 57.7 Å². The van der Waals surface area contributed by atoms with E-state index in [1.165, 1.54) is 12.0 Å². The molecule has 2 aromatic rings. The fourth-order valence-electron chi connectivity index (χ4n) is 5.64. The van der Waals surface area contributed by atoms with Gasteiger partial charge in [0, 0.05) is 45.2 Å². The van der Waals surface area contributed by atoms with E-state index in [1.807, 2.05) is 42.5 Å². The van der Waals surface area contributed by atoms with Crippen molar-refractivity contribution < 1.29 is 14.2 Å². The van der Waals surface area contributed by atoms with Crippen LogP contribution in [0, 0.1) is 34.5 Å². The van der Waals surface area contributed by atoms with Crippen LogP contribution in [0.4, 0.5) is 0 Å². The van der Waals surface area contributed by atoms with Crippen LogP contribution in [-0.2, 0) is 6.42 Å². The molecule has 2 fully saturated rings. The van der Waals surface area contributed by atoms with Crippen molar-refractivity contribution in [2.45, 2.75) is 38.3 Å². The number of methoxy groups -OCH3 is 2. The molecule has 2 aliphatic rings. The van der Waals surface area contributed by atoms with Crippen LogP contribution in [0.25, 0.3) is 0 Å². The summed E-state index contributed by atoms with van der Waals surface area (Å²) < 4.78 is 17.5. The molecule has 3 unspecified atom stereocenters. The summed E-state index contributed by atoms with van der Waals surface area (Å²) in [5.74, 6) is 3.34. The summed E-state index contributed by atoms with van der Waals surface area (Å²) in [6.07, 6.45) is 4.67. The second-order valence-corrected chi connectivity index (χ2v) is 9.88. The summed E-state index contributed by atoms with van der Waals surface area (Å²) >= 11 is 0. The van der Waals surface area contributed by atoms with Crippen LogP contribution in [0.15, 0.2) is 42.5 Å². The molecule has 2 aliphatic heterocycles. The number of aryl methyl sites for hydroxylation is 1. The molecule has 2 saturated heterocycles. The minimum atomic E-state index is -0.0301. The van der Waals surface area contributed by atoms with Gasteiger partial charge in [-0.25, -0.2) is 0 Å². The monoisotopic (exact) mass is 488 g/mol. The van der Waals surface area contributed by atoms with E-state index in [4.69, 9.17) is 24.7 Å². The Hall–Kier alpha value is -3.26. The molecule has 2 bridgehead atoms. The minimum Gasteiger partial charge on any atom is -0.493 e. The van der Waals surface area contributed by atoms with E-state index in [9.17, 15) is 0 Å². The molecular weight excluding hydrogens is 452 g/mol. The number of benzene rings is 2. The highest BCUT2D eigenvalue weighted by atomic mass is 16.5. The molecule has 190 valence electrons. The zero-order valence-corrected chi connectivity index (χ0v) is 21.4. The van der Waals surface area contributed by atoms with Crippen LogP contribution >= 0.6 is 0 Å².